The van der Waals surface area contributed by atoms with Gasteiger partial charge in [0.15, 0.2) is 0 Å². The Morgan fingerprint density at radius 3 is 2.45 bits per heavy atom. The highest BCUT2D eigenvalue weighted by Gasteiger charge is 2.36. The zero-order valence-corrected chi connectivity index (χ0v) is 10.9. The van der Waals surface area contributed by atoms with Gasteiger partial charge in [-0.15, -0.1) is 0 Å². The highest BCUT2D eigenvalue weighted by atomic mass is 19.4. The Balaban J connectivity index is 3.33. The van der Waals surface area contributed by atoms with Crippen LogP contribution in [0.1, 0.15) is 18.9 Å². The van der Waals surface area contributed by atoms with E-state index in [4.69, 9.17) is 5.11 Å². The molecule has 1 N–H and O–H groups in total. The average molecular weight is 292 g/mol. The summed E-state index contributed by atoms with van der Waals surface area (Å²) in [6.45, 7) is 1.85. The molecule has 0 saturated heterocycles. The molecule has 0 aliphatic carbocycles. The molecule has 0 aliphatic heterocycles. The SMILES string of the molecule is CCCN(CCO)c1ccc([N+](=O)[O-])cc1C(F)(F)F. The van der Waals surface area contributed by atoms with Crippen molar-refractivity contribution in [1.29, 1.82) is 0 Å². The first-order chi connectivity index (χ1) is 9.31. The Bertz CT molecular complexity index is 472. The van der Waals surface area contributed by atoms with E-state index in [1.54, 1.807) is 6.92 Å². The molecule has 0 atom stereocenters. The minimum absolute atomic E-state index is 0.0364. The van der Waals surface area contributed by atoms with Gasteiger partial charge in [-0.25, -0.2) is 0 Å². The minimum atomic E-state index is -4.69. The van der Waals surface area contributed by atoms with Crippen molar-refractivity contribution in [3.8, 4) is 0 Å². The number of nitro groups is 1. The van der Waals surface area contributed by atoms with Crippen molar-refractivity contribution in [2.45, 2.75) is 19.5 Å². The molecule has 5 nitrogen and oxygen atoms in total. The number of nitro benzene ring substituents is 1. The van der Waals surface area contributed by atoms with Crippen molar-refractivity contribution in [1.82, 2.24) is 0 Å². The summed E-state index contributed by atoms with van der Waals surface area (Å²) in [4.78, 5) is 11.1. The van der Waals surface area contributed by atoms with Crippen LogP contribution in [0.2, 0.25) is 0 Å². The van der Waals surface area contributed by atoms with E-state index in [9.17, 15) is 23.3 Å². The maximum absolute atomic E-state index is 13.0. The van der Waals surface area contributed by atoms with Crippen LogP contribution in [-0.2, 0) is 6.18 Å². The molecule has 112 valence electrons. The molecule has 0 fully saturated rings. The standard InChI is InChI=1S/C12H15F3N2O3/c1-2-5-16(6-7-18)11-4-3-9(17(19)20)8-10(11)12(13,14)15/h3-4,8,18H,2,5-7H2,1H3. The predicted molar refractivity (Wildman–Crippen MR) is 67.7 cm³/mol. The topological polar surface area (TPSA) is 66.6 Å². The monoisotopic (exact) mass is 292 g/mol. The normalized spacial score (nSPS) is 11.4. The molecular formula is C12H15F3N2O3. The van der Waals surface area contributed by atoms with Crippen molar-refractivity contribution in [2.24, 2.45) is 0 Å². The summed E-state index contributed by atoms with van der Waals surface area (Å²) in [5.74, 6) is 0. The van der Waals surface area contributed by atoms with Gasteiger partial charge >= 0.3 is 6.18 Å². The van der Waals surface area contributed by atoms with E-state index in [1.807, 2.05) is 0 Å². The fraction of sp³-hybridized carbons (Fsp3) is 0.500. The number of benzene rings is 1. The Hall–Kier alpha value is -1.83. The number of aliphatic hydroxyl groups excluding tert-OH is 1. The number of nitrogens with zero attached hydrogens (tertiary/aromatic N) is 2. The highest BCUT2D eigenvalue weighted by Crippen LogP contribution is 2.38. The largest absolute Gasteiger partial charge is 0.418 e. The Morgan fingerprint density at radius 2 is 2.00 bits per heavy atom. The summed E-state index contributed by atoms with van der Waals surface area (Å²) in [5, 5.41) is 19.5. The fourth-order valence-electron chi connectivity index (χ4n) is 1.88. The third-order valence-corrected chi connectivity index (χ3v) is 2.70. The van der Waals surface area contributed by atoms with Gasteiger partial charge in [0.1, 0.15) is 0 Å². The van der Waals surface area contributed by atoms with Gasteiger partial charge in [0, 0.05) is 30.9 Å². The van der Waals surface area contributed by atoms with Crippen LogP contribution in [0.15, 0.2) is 18.2 Å². The quantitative estimate of drug-likeness (QED) is 0.646. The molecule has 0 unspecified atom stereocenters. The minimum Gasteiger partial charge on any atom is -0.395 e. The van der Waals surface area contributed by atoms with E-state index in [-0.39, 0.29) is 18.8 Å². The lowest BCUT2D eigenvalue weighted by Crippen LogP contribution is -2.29. The van der Waals surface area contributed by atoms with E-state index in [2.05, 4.69) is 0 Å². The molecule has 0 saturated carbocycles. The second-order valence-corrected chi connectivity index (χ2v) is 4.17. The average Bonchev–Trinajstić information content (AvgIpc) is 2.36. The number of halogens is 3. The number of hydrogen-bond donors (Lipinski definition) is 1. The maximum atomic E-state index is 13.0. The summed E-state index contributed by atoms with van der Waals surface area (Å²) < 4.78 is 39.1. The van der Waals surface area contributed by atoms with Crippen LogP contribution in [0, 0.1) is 10.1 Å². The van der Waals surface area contributed by atoms with E-state index < -0.39 is 22.4 Å². The molecule has 0 radical (unpaired) electrons. The van der Waals surface area contributed by atoms with Gasteiger partial charge in [0.05, 0.1) is 17.1 Å². The molecule has 20 heavy (non-hydrogen) atoms. The molecule has 1 aromatic rings. The Morgan fingerprint density at radius 1 is 1.35 bits per heavy atom. The third-order valence-electron chi connectivity index (χ3n) is 2.70. The van der Waals surface area contributed by atoms with Crippen LogP contribution in [0.25, 0.3) is 0 Å². The van der Waals surface area contributed by atoms with Crippen molar-refractivity contribution in [3.05, 3.63) is 33.9 Å². The molecule has 0 spiro atoms. The first kappa shape index (κ1) is 16.2. The van der Waals surface area contributed by atoms with Crippen molar-refractivity contribution < 1.29 is 23.2 Å². The molecule has 1 rings (SSSR count). The zero-order chi connectivity index (χ0) is 15.3. The first-order valence-electron chi connectivity index (χ1n) is 6.02. The molecule has 8 heteroatoms. The van der Waals surface area contributed by atoms with Gasteiger partial charge in [0.2, 0.25) is 0 Å². The Kier molecular flexibility index (Phi) is 5.32. The van der Waals surface area contributed by atoms with Gasteiger partial charge in [-0.2, -0.15) is 13.2 Å². The lowest BCUT2D eigenvalue weighted by molar-refractivity contribution is -0.385. The number of alkyl halides is 3. The summed E-state index contributed by atoms with van der Waals surface area (Å²) >= 11 is 0. The molecular weight excluding hydrogens is 277 g/mol. The second-order valence-electron chi connectivity index (χ2n) is 4.17. The molecule has 0 aliphatic rings. The number of rotatable bonds is 6. The summed E-state index contributed by atoms with van der Waals surface area (Å²) in [6, 6.07) is 2.63. The van der Waals surface area contributed by atoms with Gasteiger partial charge in [-0.3, -0.25) is 10.1 Å². The molecule has 0 amide bonds. The van der Waals surface area contributed by atoms with E-state index in [1.165, 1.54) is 4.90 Å². The third kappa shape index (κ3) is 3.83. The van der Waals surface area contributed by atoms with Crippen molar-refractivity contribution >= 4 is 11.4 Å². The van der Waals surface area contributed by atoms with Crippen LogP contribution in [0.4, 0.5) is 24.5 Å². The van der Waals surface area contributed by atoms with Crippen molar-refractivity contribution in [2.75, 3.05) is 24.6 Å². The van der Waals surface area contributed by atoms with E-state index >= 15 is 0 Å². The number of hydrogen-bond acceptors (Lipinski definition) is 4. The second kappa shape index (κ2) is 6.56. The molecule has 0 bridgehead atoms. The number of anilines is 1. The van der Waals surface area contributed by atoms with Gasteiger partial charge in [-0.1, -0.05) is 6.92 Å². The summed E-state index contributed by atoms with van der Waals surface area (Å²) in [6.07, 6.45) is -4.10. The molecule has 0 heterocycles. The molecule has 1 aromatic carbocycles. The van der Waals surface area contributed by atoms with Gasteiger partial charge in [-0.05, 0) is 12.5 Å². The van der Waals surface area contributed by atoms with Gasteiger partial charge in [0.25, 0.3) is 5.69 Å². The summed E-state index contributed by atoms with van der Waals surface area (Å²) in [5.41, 5.74) is -1.82. The smallest absolute Gasteiger partial charge is 0.395 e. The van der Waals surface area contributed by atoms with Crippen LogP contribution in [-0.4, -0.2) is 29.7 Å². The fourth-order valence-corrected chi connectivity index (χ4v) is 1.88. The lowest BCUT2D eigenvalue weighted by atomic mass is 10.1. The Labute approximate surface area is 113 Å². The molecule has 0 aromatic heterocycles. The number of non-ortho nitro benzene ring substituents is 1. The van der Waals surface area contributed by atoms with Gasteiger partial charge < -0.3 is 10.0 Å². The van der Waals surface area contributed by atoms with Crippen LogP contribution >= 0.6 is 0 Å². The number of aliphatic hydroxyl groups is 1. The lowest BCUT2D eigenvalue weighted by Gasteiger charge is -2.26. The van der Waals surface area contributed by atoms with Crippen molar-refractivity contribution in [3.63, 3.8) is 0 Å². The zero-order valence-electron chi connectivity index (χ0n) is 10.9. The van der Waals surface area contributed by atoms with E-state index in [0.717, 1.165) is 12.1 Å². The first-order valence-corrected chi connectivity index (χ1v) is 6.02. The van der Waals surface area contributed by atoms with E-state index in [0.29, 0.717) is 19.0 Å². The van der Waals surface area contributed by atoms with Crippen LogP contribution in [0.3, 0.4) is 0 Å². The maximum Gasteiger partial charge on any atom is 0.418 e. The predicted octanol–water partition coefficient (Wildman–Crippen LogP) is 2.82. The summed E-state index contributed by atoms with van der Waals surface area (Å²) in [7, 11) is 0. The highest BCUT2D eigenvalue weighted by molar-refractivity contribution is 5.59. The van der Waals surface area contributed by atoms with Crippen LogP contribution < -0.4 is 4.90 Å². The van der Waals surface area contributed by atoms with Crippen LogP contribution in [0.5, 0.6) is 0 Å².